The van der Waals surface area contributed by atoms with E-state index >= 15 is 0 Å². The zero-order chi connectivity index (χ0) is 15.9. The molecule has 0 saturated carbocycles. The molecule has 0 saturated heterocycles. The van der Waals surface area contributed by atoms with Gasteiger partial charge in [0.1, 0.15) is 5.82 Å². The molecule has 0 aromatic heterocycles. The average molecular weight is 300 g/mol. The second-order valence-corrected chi connectivity index (χ2v) is 3.70. The molecule has 4 nitrogen and oxygen atoms in total. The fourth-order valence-electron chi connectivity index (χ4n) is 1.32. The van der Waals surface area contributed by atoms with Gasteiger partial charge in [-0.3, -0.25) is 0 Å². The number of halogens is 4. The van der Waals surface area contributed by atoms with Crippen LogP contribution in [0, 0.1) is 5.82 Å². The minimum absolute atomic E-state index is 0.166. The summed E-state index contributed by atoms with van der Waals surface area (Å²) in [6.45, 7) is 6.78. The first-order valence-electron chi connectivity index (χ1n) is 5.68. The van der Waals surface area contributed by atoms with Crippen molar-refractivity contribution in [2.45, 2.75) is 6.18 Å². The lowest BCUT2D eigenvalue weighted by atomic mass is 10.2. The van der Waals surface area contributed by atoms with Crippen LogP contribution < -0.4 is 5.12 Å². The van der Waals surface area contributed by atoms with Crippen LogP contribution in [0.25, 0.3) is 0 Å². The molecular weight excluding hydrogens is 288 g/mol. The first-order valence-corrected chi connectivity index (χ1v) is 5.68. The number of nitrogens with zero attached hydrogens (tertiary/aromatic N) is 4. The van der Waals surface area contributed by atoms with Gasteiger partial charge < -0.3 is 0 Å². The predicted octanol–water partition coefficient (Wildman–Crippen LogP) is 4.38. The highest BCUT2D eigenvalue weighted by atomic mass is 19.4. The van der Waals surface area contributed by atoms with Crippen LogP contribution in [-0.4, -0.2) is 13.3 Å². The van der Waals surface area contributed by atoms with E-state index in [0.717, 1.165) is 6.07 Å². The lowest BCUT2D eigenvalue weighted by Gasteiger charge is -2.13. The van der Waals surface area contributed by atoms with E-state index in [1.165, 1.54) is 6.08 Å². The maximum Gasteiger partial charge on any atom is 0.416 e. The maximum atomic E-state index is 13.3. The van der Waals surface area contributed by atoms with Gasteiger partial charge in [0.2, 0.25) is 0 Å². The number of rotatable bonds is 6. The number of alkyl halides is 3. The summed E-state index contributed by atoms with van der Waals surface area (Å²) >= 11 is 0. The van der Waals surface area contributed by atoms with E-state index < -0.39 is 17.6 Å². The smallest absolute Gasteiger partial charge is 0.207 e. The first-order chi connectivity index (χ1) is 9.88. The topological polar surface area (TPSA) is 40.3 Å². The van der Waals surface area contributed by atoms with Crippen LogP contribution in [0.1, 0.15) is 5.56 Å². The second-order valence-electron chi connectivity index (χ2n) is 3.70. The van der Waals surface area contributed by atoms with Crippen LogP contribution >= 0.6 is 0 Å². The van der Waals surface area contributed by atoms with Crippen LogP contribution in [-0.2, 0) is 6.18 Å². The van der Waals surface area contributed by atoms with Crippen molar-refractivity contribution in [2.75, 3.05) is 11.7 Å². The van der Waals surface area contributed by atoms with Gasteiger partial charge in [-0.1, -0.05) is 24.8 Å². The minimum atomic E-state index is -4.67. The third kappa shape index (κ3) is 5.17. The van der Waals surface area contributed by atoms with E-state index in [2.05, 4.69) is 28.7 Å². The molecule has 0 heterocycles. The minimum Gasteiger partial charge on any atom is -0.207 e. The summed E-state index contributed by atoms with van der Waals surface area (Å²) in [4.78, 5) is 0. The number of hydrogen-bond donors (Lipinski definition) is 0. The van der Waals surface area contributed by atoms with E-state index in [-0.39, 0.29) is 12.2 Å². The number of hydrazone groups is 1. The van der Waals surface area contributed by atoms with Gasteiger partial charge in [0.05, 0.1) is 17.8 Å². The Kier molecular flexibility index (Phi) is 5.77. The van der Waals surface area contributed by atoms with Crippen molar-refractivity contribution in [3.05, 3.63) is 54.4 Å². The van der Waals surface area contributed by atoms with Gasteiger partial charge in [-0.25, -0.2) is 4.39 Å². The van der Waals surface area contributed by atoms with Crippen molar-refractivity contribution in [1.82, 2.24) is 0 Å². The highest BCUT2D eigenvalue weighted by molar-refractivity contribution is 5.49. The van der Waals surface area contributed by atoms with Crippen LogP contribution in [0.4, 0.5) is 23.2 Å². The van der Waals surface area contributed by atoms with E-state index in [1.807, 2.05) is 0 Å². The Hall–Kier alpha value is -2.51. The first kappa shape index (κ1) is 16.5. The fraction of sp³-hybridized carbons (Fsp3) is 0.154. The zero-order valence-corrected chi connectivity index (χ0v) is 10.9. The van der Waals surface area contributed by atoms with Gasteiger partial charge in [-0.15, -0.1) is 5.12 Å². The molecule has 0 unspecified atom stereocenters. The standard InChI is InChI=1S/C13H12F4N4/c1-3-4-5-6-19-20-21(18-2)12-8-10(13(15,16)17)7-11(14)9-12/h3-5,7-9H,1-2,6H2/b5-4+,20-19?. The highest BCUT2D eigenvalue weighted by Gasteiger charge is 2.31. The van der Waals surface area contributed by atoms with Crippen LogP contribution in [0.15, 0.2) is 58.4 Å². The normalized spacial score (nSPS) is 12.0. The SMILES string of the molecule is C=C/C=C/CN=NN(N=C)c1cc(F)cc(C(F)(F)F)c1. The Bertz CT molecular complexity index is 564. The summed E-state index contributed by atoms with van der Waals surface area (Å²) in [5.74, 6) is -1.06. The van der Waals surface area contributed by atoms with Crippen LogP contribution in [0.3, 0.4) is 0 Å². The van der Waals surface area contributed by atoms with Gasteiger partial charge in [-0.05, 0) is 17.4 Å². The molecule has 8 heteroatoms. The monoisotopic (exact) mass is 300 g/mol. The fourth-order valence-corrected chi connectivity index (χ4v) is 1.32. The molecule has 1 aromatic carbocycles. The quantitative estimate of drug-likeness (QED) is 0.253. The lowest BCUT2D eigenvalue weighted by Crippen LogP contribution is -2.11. The largest absolute Gasteiger partial charge is 0.416 e. The summed E-state index contributed by atoms with van der Waals surface area (Å²) in [5.41, 5.74) is -1.37. The summed E-state index contributed by atoms with van der Waals surface area (Å²) in [5, 5.41) is 11.3. The molecule has 0 atom stereocenters. The Morgan fingerprint density at radius 3 is 2.52 bits per heavy atom. The number of allylic oxidation sites excluding steroid dienone is 2. The molecule has 0 amide bonds. The maximum absolute atomic E-state index is 13.3. The number of anilines is 1. The van der Waals surface area contributed by atoms with Crippen molar-refractivity contribution in [3.8, 4) is 0 Å². The molecule has 0 aliphatic heterocycles. The summed E-state index contributed by atoms with van der Waals surface area (Å²) in [6, 6.07) is 1.94. The Balaban J connectivity index is 3.00. The van der Waals surface area contributed by atoms with E-state index in [9.17, 15) is 17.6 Å². The summed E-state index contributed by atoms with van der Waals surface area (Å²) < 4.78 is 51.1. The molecule has 112 valence electrons. The van der Waals surface area contributed by atoms with Gasteiger partial charge in [0.25, 0.3) is 0 Å². The van der Waals surface area contributed by atoms with Crippen LogP contribution in [0.2, 0.25) is 0 Å². The lowest BCUT2D eigenvalue weighted by molar-refractivity contribution is -0.137. The zero-order valence-electron chi connectivity index (χ0n) is 10.9. The summed E-state index contributed by atoms with van der Waals surface area (Å²) in [7, 11) is 0. The Morgan fingerprint density at radius 2 is 1.95 bits per heavy atom. The van der Waals surface area contributed by atoms with Gasteiger partial charge in [-0.2, -0.15) is 23.4 Å². The van der Waals surface area contributed by atoms with Crippen molar-refractivity contribution in [1.29, 1.82) is 0 Å². The molecule has 0 aliphatic rings. The van der Waals surface area contributed by atoms with Gasteiger partial charge >= 0.3 is 6.18 Å². The van der Waals surface area contributed by atoms with Gasteiger partial charge in [0.15, 0.2) is 0 Å². The Labute approximate surface area is 118 Å². The number of hydrogen-bond acceptors (Lipinski definition) is 3. The molecule has 0 N–H and O–H groups in total. The third-order valence-corrected chi connectivity index (χ3v) is 2.18. The summed E-state index contributed by atoms with van der Waals surface area (Å²) in [6.07, 6.45) is 0.0912. The van der Waals surface area contributed by atoms with Crippen molar-refractivity contribution in [3.63, 3.8) is 0 Å². The molecule has 1 aromatic rings. The highest BCUT2D eigenvalue weighted by Crippen LogP contribution is 2.32. The van der Waals surface area contributed by atoms with Crippen molar-refractivity contribution < 1.29 is 17.6 Å². The van der Waals surface area contributed by atoms with Crippen molar-refractivity contribution in [2.24, 2.45) is 15.4 Å². The Morgan fingerprint density at radius 1 is 1.24 bits per heavy atom. The molecule has 0 aliphatic carbocycles. The molecule has 0 radical (unpaired) electrons. The molecule has 21 heavy (non-hydrogen) atoms. The molecule has 0 fully saturated rings. The average Bonchev–Trinajstić information content (AvgIpc) is 2.41. The van der Waals surface area contributed by atoms with E-state index in [4.69, 9.17) is 0 Å². The van der Waals surface area contributed by atoms with Gasteiger partial charge in [0, 0.05) is 12.8 Å². The van der Waals surface area contributed by atoms with Crippen molar-refractivity contribution >= 4 is 12.4 Å². The second kappa shape index (κ2) is 7.32. The van der Waals surface area contributed by atoms with E-state index in [0.29, 0.717) is 17.3 Å². The predicted molar refractivity (Wildman–Crippen MR) is 72.5 cm³/mol. The molecule has 1 rings (SSSR count). The number of benzene rings is 1. The third-order valence-electron chi connectivity index (χ3n) is 2.18. The van der Waals surface area contributed by atoms with Crippen LogP contribution in [0.5, 0.6) is 0 Å². The molecular formula is C13H12F4N4. The molecule has 0 bridgehead atoms. The van der Waals surface area contributed by atoms with E-state index in [1.54, 1.807) is 12.2 Å². The molecule has 0 spiro atoms.